The van der Waals surface area contributed by atoms with Crippen LogP contribution in [0, 0.1) is 11.3 Å². The maximum atomic E-state index is 11.3. The molecule has 0 N–H and O–H groups in total. The number of nitrogens with zero attached hydrogens (tertiary/aromatic N) is 1. The molecule has 6 heteroatoms. The highest BCUT2D eigenvalue weighted by Gasteiger charge is 2.27. The summed E-state index contributed by atoms with van der Waals surface area (Å²) in [5.41, 5.74) is 0. The summed E-state index contributed by atoms with van der Waals surface area (Å²) in [6, 6.07) is 8.37. The van der Waals surface area contributed by atoms with Gasteiger partial charge in [-0.25, -0.2) is 8.42 Å². The molecule has 14 heavy (non-hydrogen) atoms. The Hall–Kier alpha value is -1.87. The Bertz CT molecular complexity index is 495. The van der Waals surface area contributed by atoms with Crippen LogP contribution >= 0.6 is 0 Å². The van der Waals surface area contributed by atoms with Crippen LogP contribution in [0.4, 0.5) is 0 Å². The number of carbonyl (C=O) groups excluding carboxylic acids is 1. The van der Waals surface area contributed by atoms with E-state index in [1.165, 1.54) is 30.3 Å². The summed E-state index contributed by atoms with van der Waals surface area (Å²) < 4.78 is 22.6. The third kappa shape index (κ3) is 1.89. The molecule has 0 bridgehead atoms. The fourth-order valence-electron chi connectivity index (χ4n) is 0.804. The Kier molecular flexibility index (Phi) is 2.84. The summed E-state index contributed by atoms with van der Waals surface area (Å²) in [7, 11) is -4.14. The summed E-state index contributed by atoms with van der Waals surface area (Å²) in [5, 5.41) is 10.2. The van der Waals surface area contributed by atoms with E-state index in [0.29, 0.717) is 0 Å². The summed E-state index contributed by atoms with van der Waals surface area (Å²) in [6.45, 7) is 0. The summed E-state index contributed by atoms with van der Waals surface area (Å²) >= 11 is 0. The van der Waals surface area contributed by atoms with E-state index >= 15 is 0 Å². The zero-order chi connectivity index (χ0) is 10.6. The van der Waals surface area contributed by atoms with Crippen LogP contribution < -0.4 is 0 Å². The van der Waals surface area contributed by atoms with Gasteiger partial charge < -0.3 is 5.21 Å². The van der Waals surface area contributed by atoms with Crippen LogP contribution in [0.25, 0.3) is 5.01 Å². The van der Waals surface area contributed by atoms with Gasteiger partial charge in [0.05, 0.1) is 4.90 Å². The summed E-state index contributed by atoms with van der Waals surface area (Å²) in [5.74, 6) is 0. The second kappa shape index (κ2) is 3.89. The van der Waals surface area contributed by atoms with E-state index in [2.05, 4.69) is 0 Å². The van der Waals surface area contributed by atoms with Crippen molar-refractivity contribution < 1.29 is 13.2 Å². The Morgan fingerprint density at radius 3 is 2.36 bits per heavy atom. The monoisotopic (exact) mass is 211 g/mol. The van der Waals surface area contributed by atoms with Crippen molar-refractivity contribution in [1.29, 1.82) is 0 Å². The number of rotatable bonds is 1. The Morgan fingerprint density at radius 1 is 1.29 bits per heavy atom. The minimum Gasteiger partial charge on any atom is -0.498 e. The van der Waals surface area contributed by atoms with Crippen molar-refractivity contribution in [2.75, 3.05) is 0 Å². The highest BCUT2D eigenvalue weighted by molar-refractivity contribution is 8.06. The van der Waals surface area contributed by atoms with Crippen LogP contribution in [-0.4, -0.2) is 13.5 Å². The first-order valence-electron chi connectivity index (χ1n) is 3.51. The second-order valence-electron chi connectivity index (χ2n) is 2.31. The first kappa shape index (κ1) is 10.2. The quantitative estimate of drug-likeness (QED) is 0.508. The van der Waals surface area contributed by atoms with E-state index in [9.17, 15) is 18.4 Å². The molecule has 5 nitrogen and oxygen atoms in total. The minimum absolute atomic E-state index is 0.179. The Labute approximate surface area is 80.3 Å². The molecule has 0 radical (unpaired) electrons. The Morgan fingerprint density at radius 2 is 1.86 bits per heavy atom. The van der Waals surface area contributed by atoms with Crippen molar-refractivity contribution in [2.24, 2.45) is 0 Å². The van der Waals surface area contributed by atoms with E-state index in [1.807, 2.05) is 5.01 Å². The van der Waals surface area contributed by atoms with E-state index in [4.69, 9.17) is 0 Å². The predicted octanol–water partition coefficient (Wildman–Crippen LogP) is 0.818. The molecule has 0 heterocycles. The van der Waals surface area contributed by atoms with Gasteiger partial charge in [-0.15, -0.1) is 0 Å². The largest absolute Gasteiger partial charge is 0.498 e. The van der Waals surface area contributed by atoms with Gasteiger partial charge in [0.2, 0.25) is 0 Å². The number of sulfone groups is 1. The molecule has 1 aromatic carbocycles. The molecule has 1 rings (SSSR count). The molecule has 0 spiro atoms. The van der Waals surface area contributed by atoms with Crippen LogP contribution in [0.3, 0.4) is 0 Å². The molecule has 1 aromatic rings. The first-order chi connectivity index (χ1) is 6.59. The zero-order valence-corrected chi connectivity index (χ0v) is 7.69. The maximum Gasteiger partial charge on any atom is 0.400 e. The third-order valence-electron chi connectivity index (χ3n) is 1.43. The van der Waals surface area contributed by atoms with Crippen LogP contribution in [-0.2, 0) is 14.6 Å². The van der Waals surface area contributed by atoms with Crippen LogP contribution in [0.1, 0.15) is 0 Å². The van der Waals surface area contributed by atoms with Crippen molar-refractivity contribution in [3.05, 3.63) is 40.5 Å². The van der Waals surface area contributed by atoms with E-state index < -0.39 is 15.0 Å². The average Bonchev–Trinajstić information content (AvgIpc) is 2.19. The molecule has 0 saturated heterocycles. The zero-order valence-electron chi connectivity index (χ0n) is 6.88. The SMILES string of the molecule is O=C(C#[N+][O-])S(=O)(=O)c1ccccc1. The first-order valence-corrected chi connectivity index (χ1v) is 5.00. The van der Waals surface area contributed by atoms with Crippen molar-refractivity contribution in [1.82, 2.24) is 0 Å². The summed E-state index contributed by atoms with van der Waals surface area (Å²) in [4.78, 5) is 10.7. The average molecular weight is 211 g/mol. The van der Waals surface area contributed by atoms with E-state index in [0.717, 1.165) is 0 Å². The molecule has 0 aromatic heterocycles. The van der Waals surface area contributed by atoms with Crippen LogP contribution in [0.5, 0.6) is 0 Å². The molecular formula is C8H5NO4S. The lowest BCUT2D eigenvalue weighted by molar-refractivity contribution is -0.107. The normalized spacial score (nSPS) is 10.0. The molecule has 0 aliphatic rings. The molecule has 0 unspecified atom stereocenters. The second-order valence-corrected chi connectivity index (χ2v) is 4.16. The molecule has 0 fully saturated rings. The lowest BCUT2D eigenvalue weighted by atomic mass is 10.4. The standard InChI is InChI=1S/C8H5NO4S/c10-8(6-9-11)14(12,13)7-4-2-1-3-5-7/h1-5H. The van der Waals surface area contributed by atoms with Gasteiger partial charge in [-0.05, 0) is 12.1 Å². The van der Waals surface area contributed by atoms with Gasteiger partial charge in [-0.1, -0.05) is 18.2 Å². The smallest absolute Gasteiger partial charge is 0.400 e. The number of benzene rings is 1. The number of carbonyl (C=O) groups is 1. The molecule has 0 saturated carbocycles. The number of hydrogen-bond acceptors (Lipinski definition) is 4. The van der Waals surface area contributed by atoms with Gasteiger partial charge in [0.15, 0.2) is 0 Å². The van der Waals surface area contributed by atoms with Gasteiger partial charge in [0.25, 0.3) is 9.84 Å². The van der Waals surface area contributed by atoms with Crippen molar-refractivity contribution in [3.63, 3.8) is 0 Å². The number of hydrogen-bond donors (Lipinski definition) is 0. The molecule has 72 valence electrons. The Balaban J connectivity index is 3.21. The molecule has 0 aliphatic carbocycles. The van der Waals surface area contributed by atoms with Gasteiger partial charge in [-0.2, -0.15) is 0 Å². The fraction of sp³-hybridized carbons (Fsp3) is 0. The fourth-order valence-corrected chi connectivity index (χ4v) is 1.69. The summed E-state index contributed by atoms with van der Waals surface area (Å²) in [6.07, 6.45) is 0. The minimum atomic E-state index is -4.14. The van der Waals surface area contributed by atoms with E-state index in [1.54, 1.807) is 6.07 Å². The highest BCUT2D eigenvalue weighted by Crippen LogP contribution is 2.10. The van der Waals surface area contributed by atoms with E-state index in [-0.39, 0.29) is 4.90 Å². The van der Waals surface area contributed by atoms with Gasteiger partial charge >= 0.3 is 11.2 Å². The van der Waals surface area contributed by atoms with Crippen molar-refractivity contribution in [2.45, 2.75) is 4.90 Å². The lowest BCUT2D eigenvalue weighted by Gasteiger charge is -1.94. The molecule has 0 amide bonds. The van der Waals surface area contributed by atoms with Crippen LogP contribution in [0.15, 0.2) is 35.2 Å². The molecule has 0 aliphatic heterocycles. The molecular weight excluding hydrogens is 206 g/mol. The van der Waals surface area contributed by atoms with Gasteiger partial charge in [-0.3, -0.25) is 4.79 Å². The maximum absolute atomic E-state index is 11.3. The third-order valence-corrected chi connectivity index (χ3v) is 2.91. The van der Waals surface area contributed by atoms with Crippen molar-refractivity contribution >= 4 is 15.0 Å². The molecule has 0 atom stereocenters. The van der Waals surface area contributed by atoms with Crippen molar-refractivity contribution in [3.8, 4) is 6.07 Å². The predicted molar refractivity (Wildman–Crippen MR) is 49.2 cm³/mol. The van der Waals surface area contributed by atoms with Gasteiger partial charge in [0, 0.05) is 5.01 Å². The highest BCUT2D eigenvalue weighted by atomic mass is 32.2. The van der Waals surface area contributed by atoms with Crippen LogP contribution in [0.2, 0.25) is 0 Å². The lowest BCUT2D eigenvalue weighted by Crippen LogP contribution is -2.12. The van der Waals surface area contributed by atoms with Gasteiger partial charge in [0.1, 0.15) is 0 Å². The topological polar surface area (TPSA) is 78.6 Å².